The molecule has 2 fully saturated rings. The number of anilines is 1. The number of piperazine rings is 1. The molecule has 2 aromatic rings. The Morgan fingerprint density at radius 1 is 0.875 bits per heavy atom. The normalized spacial score (nSPS) is 18.1. The Balaban J connectivity index is 1.33. The number of thiophene rings is 1. The van der Waals surface area contributed by atoms with Gasteiger partial charge in [0, 0.05) is 49.8 Å². The number of ether oxygens (including phenoxy) is 2. The van der Waals surface area contributed by atoms with Gasteiger partial charge in [0.2, 0.25) is 0 Å². The molecule has 40 heavy (non-hydrogen) atoms. The van der Waals surface area contributed by atoms with Crippen LogP contribution in [0.15, 0.2) is 30.3 Å². The highest BCUT2D eigenvalue weighted by molar-refractivity contribution is 7.17. The zero-order chi connectivity index (χ0) is 29.2. The van der Waals surface area contributed by atoms with E-state index >= 15 is 0 Å². The van der Waals surface area contributed by atoms with Crippen molar-refractivity contribution in [3.05, 3.63) is 40.8 Å². The summed E-state index contributed by atoms with van der Waals surface area (Å²) in [5.74, 6) is 0.00159. The number of aryl methyl sites for hydroxylation is 1. The van der Waals surface area contributed by atoms with Crippen LogP contribution in [0.3, 0.4) is 0 Å². The molecule has 0 spiro atoms. The smallest absolute Gasteiger partial charge is 0.410 e. The summed E-state index contributed by atoms with van der Waals surface area (Å²) in [6.45, 7) is 16.9. The largest absolute Gasteiger partial charge is 0.444 e. The molecule has 2 aliphatic heterocycles. The number of hydrogen-bond donors (Lipinski definition) is 1. The van der Waals surface area contributed by atoms with Crippen molar-refractivity contribution in [1.82, 2.24) is 15.1 Å². The first-order valence-corrected chi connectivity index (χ1v) is 14.7. The minimum absolute atomic E-state index is 0.00159. The van der Waals surface area contributed by atoms with Gasteiger partial charge in [0.05, 0.1) is 10.9 Å². The predicted molar refractivity (Wildman–Crippen MR) is 158 cm³/mol. The fourth-order valence-corrected chi connectivity index (χ4v) is 5.97. The van der Waals surface area contributed by atoms with Gasteiger partial charge in [0.15, 0.2) is 0 Å². The Morgan fingerprint density at radius 3 is 2.10 bits per heavy atom. The minimum Gasteiger partial charge on any atom is -0.444 e. The molecule has 3 heterocycles. The van der Waals surface area contributed by atoms with Crippen LogP contribution < -0.4 is 10.2 Å². The van der Waals surface area contributed by atoms with Crippen molar-refractivity contribution in [3.8, 4) is 10.4 Å². The molecule has 4 rings (SSSR count). The Labute approximate surface area is 241 Å². The third-order valence-corrected chi connectivity index (χ3v) is 8.03. The van der Waals surface area contributed by atoms with Crippen molar-refractivity contribution >= 4 is 35.1 Å². The number of hydrogen-bond acceptors (Lipinski definition) is 7. The van der Waals surface area contributed by atoms with E-state index in [2.05, 4.69) is 40.5 Å². The number of likely N-dealkylation sites (tertiary alicyclic amines) is 1. The number of benzene rings is 1. The molecule has 0 unspecified atom stereocenters. The summed E-state index contributed by atoms with van der Waals surface area (Å²) in [5, 5.41) is 2.89. The van der Waals surface area contributed by atoms with E-state index in [0.717, 1.165) is 39.7 Å². The van der Waals surface area contributed by atoms with E-state index in [1.54, 1.807) is 4.90 Å². The van der Waals surface area contributed by atoms with E-state index in [9.17, 15) is 14.4 Å². The maximum Gasteiger partial charge on any atom is 0.410 e. The summed E-state index contributed by atoms with van der Waals surface area (Å²) in [6.07, 6.45) is -0.00474. The first-order valence-electron chi connectivity index (χ1n) is 13.9. The van der Waals surface area contributed by atoms with Gasteiger partial charge in [0.1, 0.15) is 11.2 Å². The fraction of sp³-hybridized carbons (Fsp3) is 0.567. The van der Waals surface area contributed by atoms with Crippen LogP contribution in [0.5, 0.6) is 0 Å². The average Bonchev–Trinajstić information content (AvgIpc) is 3.48. The molecule has 2 saturated heterocycles. The second-order valence-corrected chi connectivity index (χ2v) is 13.6. The van der Waals surface area contributed by atoms with E-state index in [1.165, 1.54) is 11.3 Å². The zero-order valence-corrected chi connectivity index (χ0v) is 25.5. The summed E-state index contributed by atoms with van der Waals surface area (Å²) >= 11 is 1.50. The molecule has 1 N–H and O–H groups in total. The van der Waals surface area contributed by atoms with E-state index in [-0.39, 0.29) is 18.0 Å². The second kappa shape index (κ2) is 11.7. The van der Waals surface area contributed by atoms with Crippen LogP contribution in [0.1, 0.15) is 63.2 Å². The lowest BCUT2D eigenvalue weighted by atomic mass is 10.1. The van der Waals surface area contributed by atoms with Crippen LogP contribution in [0.25, 0.3) is 10.4 Å². The minimum atomic E-state index is -0.558. The fourth-order valence-electron chi connectivity index (χ4n) is 4.83. The van der Waals surface area contributed by atoms with Crippen molar-refractivity contribution in [2.75, 3.05) is 44.2 Å². The standard InChI is InChI=1S/C30H42N4O5S/c1-20-18-24(40-25(20)26(35)34-13-12-22(19-34)31-27(36)38-29(2,3)4)21-8-10-23(11-9-21)32-14-16-33(17-15-32)28(37)39-30(5,6)7/h8-11,18,22H,12-17,19H2,1-7H3,(H,31,36)/t22-/m0/s1. The molecule has 1 atom stereocenters. The topological polar surface area (TPSA) is 91.4 Å². The van der Waals surface area contributed by atoms with Gasteiger partial charge in [-0.1, -0.05) is 12.1 Å². The van der Waals surface area contributed by atoms with Gasteiger partial charge in [-0.05, 0) is 84.2 Å². The van der Waals surface area contributed by atoms with Crippen LogP contribution in [0, 0.1) is 6.92 Å². The van der Waals surface area contributed by atoms with Gasteiger partial charge < -0.3 is 29.5 Å². The summed E-state index contributed by atoms with van der Waals surface area (Å²) < 4.78 is 10.9. The molecule has 9 nitrogen and oxygen atoms in total. The molecule has 1 aromatic heterocycles. The van der Waals surface area contributed by atoms with Gasteiger partial charge >= 0.3 is 12.2 Å². The third kappa shape index (κ3) is 7.68. The molecule has 2 aliphatic rings. The molecule has 10 heteroatoms. The van der Waals surface area contributed by atoms with Gasteiger partial charge in [0.25, 0.3) is 5.91 Å². The maximum atomic E-state index is 13.3. The highest BCUT2D eigenvalue weighted by Crippen LogP contribution is 2.34. The second-order valence-electron chi connectivity index (χ2n) is 12.5. The third-order valence-electron chi connectivity index (χ3n) is 6.76. The number of rotatable bonds is 4. The Bertz CT molecular complexity index is 1220. The molecular weight excluding hydrogens is 528 g/mol. The molecular formula is C30H42N4O5S. The SMILES string of the molecule is Cc1cc(-c2ccc(N3CCN(C(=O)OC(C)(C)C)CC3)cc2)sc1C(=O)N1CC[C@H](NC(=O)OC(C)(C)C)C1. The number of nitrogens with one attached hydrogen (secondary N) is 1. The monoisotopic (exact) mass is 570 g/mol. The quantitative estimate of drug-likeness (QED) is 0.521. The highest BCUT2D eigenvalue weighted by Gasteiger charge is 2.31. The van der Waals surface area contributed by atoms with Gasteiger partial charge in [-0.2, -0.15) is 0 Å². The molecule has 0 aliphatic carbocycles. The number of carbonyl (C=O) groups is 3. The molecule has 0 bridgehead atoms. The number of carbonyl (C=O) groups excluding carboxylic acids is 3. The molecule has 0 radical (unpaired) electrons. The lowest BCUT2D eigenvalue weighted by Crippen LogP contribution is -2.50. The molecule has 3 amide bonds. The molecule has 0 saturated carbocycles. The van der Waals surface area contributed by atoms with Gasteiger partial charge in [-0.3, -0.25) is 4.79 Å². The lowest BCUT2D eigenvalue weighted by molar-refractivity contribution is 0.0240. The number of alkyl carbamates (subject to hydrolysis) is 1. The van der Waals surface area contributed by atoms with E-state index < -0.39 is 17.3 Å². The van der Waals surface area contributed by atoms with Gasteiger partial charge in [-0.25, -0.2) is 9.59 Å². The zero-order valence-electron chi connectivity index (χ0n) is 24.7. The van der Waals surface area contributed by atoms with E-state index in [4.69, 9.17) is 9.47 Å². The van der Waals surface area contributed by atoms with Crippen LogP contribution in [-0.2, 0) is 9.47 Å². The van der Waals surface area contributed by atoms with Crippen molar-refractivity contribution in [2.45, 2.75) is 72.1 Å². The first kappa shape index (κ1) is 29.7. The van der Waals surface area contributed by atoms with Crippen molar-refractivity contribution < 1.29 is 23.9 Å². The summed E-state index contributed by atoms with van der Waals surface area (Å²) in [6, 6.07) is 10.3. The Hall–Kier alpha value is -3.27. The molecule has 218 valence electrons. The van der Waals surface area contributed by atoms with E-state index in [1.807, 2.05) is 53.4 Å². The van der Waals surface area contributed by atoms with Crippen molar-refractivity contribution in [3.63, 3.8) is 0 Å². The van der Waals surface area contributed by atoms with Crippen LogP contribution in [-0.4, -0.2) is 84.4 Å². The summed E-state index contributed by atoms with van der Waals surface area (Å²) in [7, 11) is 0. The number of nitrogens with zero attached hydrogens (tertiary/aromatic N) is 3. The Kier molecular flexibility index (Phi) is 8.68. The van der Waals surface area contributed by atoms with Gasteiger partial charge in [-0.15, -0.1) is 11.3 Å². The first-order chi connectivity index (χ1) is 18.7. The maximum absolute atomic E-state index is 13.3. The highest BCUT2D eigenvalue weighted by atomic mass is 32.1. The van der Waals surface area contributed by atoms with E-state index in [0.29, 0.717) is 32.6 Å². The molecule has 1 aromatic carbocycles. The predicted octanol–water partition coefficient (Wildman–Crippen LogP) is 5.52. The van der Waals surface area contributed by atoms with Crippen LogP contribution >= 0.6 is 11.3 Å². The average molecular weight is 571 g/mol. The van der Waals surface area contributed by atoms with Crippen LogP contribution in [0.2, 0.25) is 0 Å². The summed E-state index contributed by atoms with van der Waals surface area (Å²) in [5.41, 5.74) is 2.07. The Morgan fingerprint density at radius 2 is 1.50 bits per heavy atom. The van der Waals surface area contributed by atoms with Crippen molar-refractivity contribution in [1.29, 1.82) is 0 Å². The van der Waals surface area contributed by atoms with Crippen LogP contribution in [0.4, 0.5) is 15.3 Å². The lowest BCUT2D eigenvalue weighted by Gasteiger charge is -2.36. The van der Waals surface area contributed by atoms with Crippen molar-refractivity contribution in [2.24, 2.45) is 0 Å². The number of amides is 3. The summed E-state index contributed by atoms with van der Waals surface area (Å²) in [4.78, 5) is 45.4.